The number of hydrogen-bond donors (Lipinski definition) is 3. The molecule has 0 spiro atoms. The number of carbonyl (C=O) groups excluding carboxylic acids is 1. The Labute approximate surface area is 144 Å². The molecule has 1 heterocycles. The Morgan fingerprint density at radius 2 is 2.08 bits per heavy atom. The maximum absolute atomic E-state index is 13.7. The standard InChI is InChI=1S/C18H19FN4O2/c1-11(2)20-18(24)21-17-14-9-13(7-8-16(14)22-23-17)25-10-12-5-3-4-6-15(12)19/h3-9,11H,10H2,1-2H3,(H3,20,21,22,23,24). The van der Waals surface area contributed by atoms with Gasteiger partial charge in [0.15, 0.2) is 5.82 Å². The highest BCUT2D eigenvalue weighted by atomic mass is 19.1. The molecular weight excluding hydrogens is 323 g/mol. The summed E-state index contributed by atoms with van der Waals surface area (Å²) in [6.07, 6.45) is 0. The van der Waals surface area contributed by atoms with Gasteiger partial charge in [-0.2, -0.15) is 5.10 Å². The van der Waals surface area contributed by atoms with Gasteiger partial charge in [-0.3, -0.25) is 10.4 Å². The van der Waals surface area contributed by atoms with Crippen LogP contribution in [-0.2, 0) is 6.61 Å². The number of amides is 2. The second-order valence-electron chi connectivity index (χ2n) is 5.91. The van der Waals surface area contributed by atoms with Gasteiger partial charge in [-0.05, 0) is 38.1 Å². The number of anilines is 1. The molecule has 0 aliphatic carbocycles. The predicted octanol–water partition coefficient (Wildman–Crippen LogP) is 3.81. The third kappa shape index (κ3) is 4.06. The highest BCUT2D eigenvalue weighted by molar-refractivity contribution is 5.99. The Morgan fingerprint density at radius 3 is 2.84 bits per heavy atom. The van der Waals surface area contributed by atoms with Crippen molar-refractivity contribution in [2.24, 2.45) is 0 Å². The zero-order chi connectivity index (χ0) is 17.8. The molecule has 2 amide bonds. The van der Waals surface area contributed by atoms with Crippen LogP contribution in [0, 0.1) is 5.82 Å². The number of urea groups is 1. The van der Waals surface area contributed by atoms with E-state index in [-0.39, 0.29) is 24.5 Å². The summed E-state index contributed by atoms with van der Waals surface area (Å²) in [6.45, 7) is 3.86. The molecule has 3 aromatic rings. The van der Waals surface area contributed by atoms with Gasteiger partial charge < -0.3 is 10.1 Å². The summed E-state index contributed by atoms with van der Waals surface area (Å²) < 4.78 is 19.3. The Kier molecular flexibility index (Phi) is 4.83. The largest absolute Gasteiger partial charge is 0.489 e. The Hall–Kier alpha value is -3.09. The van der Waals surface area contributed by atoms with Crippen molar-refractivity contribution in [3.63, 3.8) is 0 Å². The molecule has 0 fully saturated rings. The smallest absolute Gasteiger partial charge is 0.320 e. The molecule has 130 valence electrons. The zero-order valence-electron chi connectivity index (χ0n) is 14.0. The van der Waals surface area contributed by atoms with Crippen molar-refractivity contribution in [3.05, 3.63) is 53.8 Å². The average molecular weight is 342 g/mol. The van der Waals surface area contributed by atoms with Crippen LogP contribution in [0.15, 0.2) is 42.5 Å². The summed E-state index contributed by atoms with van der Waals surface area (Å²) >= 11 is 0. The number of halogens is 1. The summed E-state index contributed by atoms with van der Waals surface area (Å²) in [5.41, 5.74) is 1.24. The van der Waals surface area contributed by atoms with E-state index in [4.69, 9.17) is 4.74 Å². The van der Waals surface area contributed by atoms with E-state index in [0.29, 0.717) is 22.5 Å². The number of benzene rings is 2. The Bertz CT molecular complexity index is 892. The van der Waals surface area contributed by atoms with E-state index in [2.05, 4.69) is 20.8 Å². The van der Waals surface area contributed by atoms with Crippen LogP contribution in [0.4, 0.5) is 15.0 Å². The monoisotopic (exact) mass is 342 g/mol. The summed E-state index contributed by atoms with van der Waals surface area (Å²) in [4.78, 5) is 11.8. The van der Waals surface area contributed by atoms with Crippen molar-refractivity contribution < 1.29 is 13.9 Å². The molecule has 0 unspecified atom stereocenters. The molecule has 1 aromatic heterocycles. The van der Waals surface area contributed by atoms with Crippen LogP contribution in [0.3, 0.4) is 0 Å². The number of aromatic nitrogens is 2. The normalized spacial score (nSPS) is 10.9. The third-order valence-electron chi connectivity index (χ3n) is 3.54. The van der Waals surface area contributed by atoms with Crippen molar-refractivity contribution in [3.8, 4) is 5.75 Å². The van der Waals surface area contributed by atoms with Crippen LogP contribution in [0.1, 0.15) is 19.4 Å². The average Bonchev–Trinajstić information content (AvgIpc) is 2.95. The van der Waals surface area contributed by atoms with Crippen LogP contribution in [-0.4, -0.2) is 22.3 Å². The molecule has 0 aliphatic heterocycles. The fraction of sp³-hybridized carbons (Fsp3) is 0.222. The highest BCUT2D eigenvalue weighted by Gasteiger charge is 2.11. The molecule has 7 heteroatoms. The van der Waals surface area contributed by atoms with Crippen LogP contribution in [0.2, 0.25) is 0 Å². The van der Waals surface area contributed by atoms with Crippen LogP contribution >= 0.6 is 0 Å². The van der Waals surface area contributed by atoms with Gasteiger partial charge >= 0.3 is 6.03 Å². The highest BCUT2D eigenvalue weighted by Crippen LogP contribution is 2.26. The molecule has 2 aromatic carbocycles. The number of ether oxygens (including phenoxy) is 1. The summed E-state index contributed by atoms with van der Waals surface area (Å²) in [6, 6.07) is 11.5. The van der Waals surface area contributed by atoms with E-state index >= 15 is 0 Å². The fourth-order valence-corrected chi connectivity index (χ4v) is 2.36. The first-order valence-electron chi connectivity index (χ1n) is 7.95. The van der Waals surface area contributed by atoms with E-state index < -0.39 is 0 Å². The second kappa shape index (κ2) is 7.21. The minimum atomic E-state index is -0.332. The molecule has 0 bridgehead atoms. The molecule has 0 saturated heterocycles. The lowest BCUT2D eigenvalue weighted by atomic mass is 10.2. The first-order chi connectivity index (χ1) is 12.0. The van der Waals surface area contributed by atoms with Gasteiger partial charge in [-0.15, -0.1) is 0 Å². The van der Waals surface area contributed by atoms with Gasteiger partial charge in [-0.1, -0.05) is 18.2 Å². The van der Waals surface area contributed by atoms with Crippen molar-refractivity contribution in [2.75, 3.05) is 5.32 Å². The summed E-state index contributed by atoms with van der Waals surface area (Å²) in [7, 11) is 0. The molecule has 6 nitrogen and oxygen atoms in total. The Morgan fingerprint density at radius 1 is 1.28 bits per heavy atom. The SMILES string of the molecule is CC(C)NC(=O)Nc1n[nH]c2ccc(OCc3ccccc3F)cc12. The van der Waals surface area contributed by atoms with Crippen molar-refractivity contribution in [1.29, 1.82) is 0 Å². The molecule has 3 N–H and O–H groups in total. The summed E-state index contributed by atoms with van der Waals surface area (Å²) in [5, 5.41) is 13.1. The number of nitrogens with one attached hydrogen (secondary N) is 3. The van der Waals surface area contributed by atoms with E-state index in [9.17, 15) is 9.18 Å². The Balaban J connectivity index is 1.76. The van der Waals surface area contributed by atoms with Gasteiger partial charge in [0, 0.05) is 17.0 Å². The van der Waals surface area contributed by atoms with Gasteiger partial charge in [-0.25, -0.2) is 9.18 Å². The minimum absolute atomic E-state index is 0.0184. The quantitative estimate of drug-likeness (QED) is 0.660. The van der Waals surface area contributed by atoms with Gasteiger partial charge in [0.25, 0.3) is 0 Å². The number of nitrogens with zero attached hydrogens (tertiary/aromatic N) is 1. The minimum Gasteiger partial charge on any atom is -0.489 e. The van der Waals surface area contributed by atoms with Crippen LogP contribution < -0.4 is 15.4 Å². The van der Waals surface area contributed by atoms with Gasteiger partial charge in [0.2, 0.25) is 0 Å². The van der Waals surface area contributed by atoms with E-state index in [1.165, 1.54) is 6.07 Å². The predicted molar refractivity (Wildman–Crippen MR) is 94.1 cm³/mol. The van der Waals surface area contributed by atoms with Gasteiger partial charge in [0.1, 0.15) is 18.2 Å². The first-order valence-corrected chi connectivity index (χ1v) is 7.95. The van der Waals surface area contributed by atoms with Crippen molar-refractivity contribution >= 4 is 22.8 Å². The number of rotatable bonds is 5. The number of fused-ring (bicyclic) bond motifs is 1. The molecule has 3 rings (SSSR count). The maximum atomic E-state index is 13.7. The van der Waals surface area contributed by atoms with Crippen molar-refractivity contribution in [1.82, 2.24) is 15.5 Å². The molecule has 25 heavy (non-hydrogen) atoms. The molecular formula is C18H19FN4O2. The van der Waals surface area contributed by atoms with Crippen molar-refractivity contribution in [2.45, 2.75) is 26.5 Å². The fourth-order valence-electron chi connectivity index (χ4n) is 2.36. The third-order valence-corrected chi connectivity index (χ3v) is 3.54. The molecule has 0 radical (unpaired) electrons. The van der Waals surface area contributed by atoms with Crippen LogP contribution in [0.25, 0.3) is 10.9 Å². The zero-order valence-corrected chi connectivity index (χ0v) is 14.0. The van der Waals surface area contributed by atoms with Gasteiger partial charge in [0.05, 0.1) is 5.52 Å². The number of H-pyrrole nitrogens is 1. The van der Waals surface area contributed by atoms with E-state index in [1.807, 2.05) is 13.8 Å². The lowest BCUT2D eigenvalue weighted by Crippen LogP contribution is -2.34. The van der Waals surface area contributed by atoms with E-state index in [0.717, 1.165) is 5.52 Å². The lowest BCUT2D eigenvalue weighted by molar-refractivity contribution is 0.250. The molecule has 0 saturated carbocycles. The lowest BCUT2D eigenvalue weighted by Gasteiger charge is -2.09. The number of aromatic amines is 1. The van der Waals surface area contributed by atoms with Crippen LogP contribution in [0.5, 0.6) is 5.75 Å². The number of hydrogen-bond acceptors (Lipinski definition) is 3. The second-order valence-corrected chi connectivity index (χ2v) is 5.91. The maximum Gasteiger partial charge on any atom is 0.320 e. The topological polar surface area (TPSA) is 79.0 Å². The first kappa shape index (κ1) is 16.8. The van der Waals surface area contributed by atoms with E-state index in [1.54, 1.807) is 36.4 Å². The summed E-state index contributed by atoms with van der Waals surface area (Å²) in [5.74, 6) is 0.661. The number of carbonyl (C=O) groups is 1. The molecule has 0 atom stereocenters. The molecule has 0 aliphatic rings.